The van der Waals surface area contributed by atoms with Crippen molar-refractivity contribution in [2.75, 3.05) is 12.4 Å². The van der Waals surface area contributed by atoms with Crippen molar-refractivity contribution in [3.8, 4) is 17.6 Å². The molecule has 31 heavy (non-hydrogen) atoms. The van der Waals surface area contributed by atoms with Crippen molar-refractivity contribution in [3.63, 3.8) is 0 Å². The lowest BCUT2D eigenvalue weighted by atomic mass is 10.1. The van der Waals surface area contributed by atoms with Crippen LogP contribution in [0.3, 0.4) is 0 Å². The third-order valence-electron chi connectivity index (χ3n) is 4.46. The molecule has 0 aliphatic carbocycles. The number of hydrogen-bond donors (Lipinski definition) is 2. The first-order chi connectivity index (χ1) is 14.9. The van der Waals surface area contributed by atoms with Crippen molar-refractivity contribution in [1.82, 2.24) is 9.97 Å². The summed E-state index contributed by atoms with van der Waals surface area (Å²) < 4.78 is 28.2. The number of nitrogens with zero attached hydrogens (tertiary/aromatic N) is 2. The normalized spacial score (nSPS) is 10.9. The van der Waals surface area contributed by atoms with E-state index in [1.807, 2.05) is 36.4 Å². The van der Waals surface area contributed by atoms with Gasteiger partial charge in [-0.3, -0.25) is 0 Å². The fourth-order valence-corrected chi connectivity index (χ4v) is 3.42. The number of rotatable bonds is 4. The largest absolute Gasteiger partial charge is 0.495 e. The smallest absolute Gasteiger partial charge is 0.238 e. The topological polar surface area (TPSA) is 107 Å². The average molecular weight is 430 g/mol. The molecule has 3 N–H and O–H groups in total. The van der Waals surface area contributed by atoms with E-state index in [1.54, 1.807) is 31.5 Å². The van der Waals surface area contributed by atoms with Gasteiger partial charge in [-0.2, -0.15) is 0 Å². The number of anilines is 2. The number of nitrogens with two attached hydrogens (primary N) is 1. The van der Waals surface area contributed by atoms with Crippen molar-refractivity contribution in [2.45, 2.75) is 4.90 Å². The summed E-state index contributed by atoms with van der Waals surface area (Å²) in [5.41, 5.74) is 2.96. The van der Waals surface area contributed by atoms with Gasteiger partial charge in [0.05, 0.1) is 23.1 Å². The Morgan fingerprint density at radius 3 is 2.42 bits per heavy atom. The number of nitrogens with one attached hydrogen (secondary N) is 1. The van der Waals surface area contributed by atoms with Crippen LogP contribution >= 0.6 is 0 Å². The second-order valence-electron chi connectivity index (χ2n) is 6.62. The van der Waals surface area contributed by atoms with Gasteiger partial charge in [0, 0.05) is 28.9 Å². The first kappa shape index (κ1) is 20.3. The quantitative estimate of drug-likeness (QED) is 0.481. The Bertz CT molecular complexity index is 1410. The molecule has 1 aromatic heterocycles. The zero-order chi connectivity index (χ0) is 21.8. The molecular formula is C23H18N4O3S. The Hall–Kier alpha value is -3.93. The summed E-state index contributed by atoms with van der Waals surface area (Å²) in [5.74, 6) is 7.24. The van der Waals surface area contributed by atoms with Gasteiger partial charge in [0.25, 0.3) is 0 Å². The van der Waals surface area contributed by atoms with Crippen LogP contribution in [0.25, 0.3) is 10.9 Å². The van der Waals surface area contributed by atoms with E-state index in [4.69, 9.17) is 9.88 Å². The zero-order valence-corrected chi connectivity index (χ0v) is 17.3. The van der Waals surface area contributed by atoms with E-state index in [0.717, 1.165) is 16.5 Å². The van der Waals surface area contributed by atoms with Crippen LogP contribution in [-0.4, -0.2) is 25.5 Å². The van der Waals surface area contributed by atoms with E-state index in [1.165, 1.54) is 12.1 Å². The summed E-state index contributed by atoms with van der Waals surface area (Å²) in [6.45, 7) is 0. The number of benzene rings is 3. The molecule has 8 heteroatoms. The lowest BCUT2D eigenvalue weighted by Crippen LogP contribution is -2.11. The molecule has 7 nitrogen and oxygen atoms in total. The molecule has 0 amide bonds. The minimum Gasteiger partial charge on any atom is -0.495 e. The van der Waals surface area contributed by atoms with Gasteiger partial charge in [-0.15, -0.1) is 0 Å². The van der Waals surface area contributed by atoms with Gasteiger partial charge in [0.2, 0.25) is 16.0 Å². The zero-order valence-electron chi connectivity index (χ0n) is 16.5. The molecule has 0 aliphatic rings. The third-order valence-corrected chi connectivity index (χ3v) is 5.38. The number of aromatic nitrogens is 2. The number of primary sulfonamides is 1. The summed E-state index contributed by atoms with van der Waals surface area (Å²) in [6.07, 6.45) is 1.69. The molecule has 0 unspecified atom stereocenters. The van der Waals surface area contributed by atoms with Crippen LogP contribution in [0.1, 0.15) is 11.1 Å². The summed E-state index contributed by atoms with van der Waals surface area (Å²) in [5, 5.41) is 8.98. The SMILES string of the molecule is COc1cc2nc(Nc3ccc(S(N)(=O)=O)cc3)ncc2cc1C#Cc1ccccc1. The Kier molecular flexibility index (Phi) is 5.54. The maximum Gasteiger partial charge on any atom is 0.238 e. The Morgan fingerprint density at radius 1 is 1.00 bits per heavy atom. The molecule has 4 rings (SSSR count). The average Bonchev–Trinajstić information content (AvgIpc) is 2.77. The highest BCUT2D eigenvalue weighted by Gasteiger charge is 2.09. The van der Waals surface area contributed by atoms with E-state index >= 15 is 0 Å². The highest BCUT2D eigenvalue weighted by atomic mass is 32.2. The van der Waals surface area contributed by atoms with Crippen LogP contribution in [0.2, 0.25) is 0 Å². The second kappa shape index (κ2) is 8.44. The summed E-state index contributed by atoms with van der Waals surface area (Å²) >= 11 is 0. The van der Waals surface area contributed by atoms with Crippen molar-refractivity contribution in [1.29, 1.82) is 0 Å². The molecular weight excluding hydrogens is 412 g/mol. The predicted octanol–water partition coefficient (Wildman–Crippen LogP) is 3.43. The van der Waals surface area contributed by atoms with Crippen LogP contribution in [0.4, 0.5) is 11.6 Å². The molecule has 0 fully saturated rings. The van der Waals surface area contributed by atoms with Gasteiger partial charge in [-0.25, -0.2) is 23.5 Å². The highest BCUT2D eigenvalue weighted by Crippen LogP contribution is 2.25. The minimum absolute atomic E-state index is 0.0337. The minimum atomic E-state index is -3.74. The van der Waals surface area contributed by atoms with Crippen LogP contribution in [-0.2, 0) is 10.0 Å². The molecule has 0 aliphatic heterocycles. The molecule has 0 atom stereocenters. The molecule has 0 spiro atoms. The molecule has 3 aromatic carbocycles. The third kappa shape index (κ3) is 4.80. The van der Waals surface area contributed by atoms with Gasteiger partial charge in [0.15, 0.2) is 0 Å². The standard InChI is InChI=1S/C23H18N4O3S/c1-30-22-14-21-18(13-17(22)8-7-16-5-3-2-4-6-16)15-25-23(27-21)26-19-9-11-20(12-10-19)31(24,28)29/h2-6,9-15H,1H3,(H2,24,28,29)(H,25,26,27). The van der Waals surface area contributed by atoms with Crippen molar-refractivity contribution in [3.05, 3.63) is 84.1 Å². The summed E-state index contributed by atoms with van der Waals surface area (Å²) in [7, 11) is -2.15. The lowest BCUT2D eigenvalue weighted by molar-refractivity contribution is 0.414. The predicted molar refractivity (Wildman–Crippen MR) is 120 cm³/mol. The number of fused-ring (bicyclic) bond motifs is 1. The van der Waals surface area contributed by atoms with Crippen LogP contribution < -0.4 is 15.2 Å². The van der Waals surface area contributed by atoms with Gasteiger partial charge in [-0.1, -0.05) is 30.0 Å². The molecule has 0 saturated carbocycles. The van der Waals surface area contributed by atoms with E-state index in [-0.39, 0.29) is 4.90 Å². The molecule has 0 bridgehead atoms. The van der Waals surface area contributed by atoms with Gasteiger partial charge < -0.3 is 10.1 Å². The van der Waals surface area contributed by atoms with E-state index in [0.29, 0.717) is 22.9 Å². The summed E-state index contributed by atoms with van der Waals surface area (Å²) in [6, 6.07) is 19.4. The molecule has 0 saturated heterocycles. The number of sulfonamides is 1. The Balaban J connectivity index is 1.63. The Morgan fingerprint density at radius 2 is 1.74 bits per heavy atom. The number of ether oxygens (including phenoxy) is 1. The highest BCUT2D eigenvalue weighted by molar-refractivity contribution is 7.89. The van der Waals surface area contributed by atoms with Crippen molar-refractivity contribution in [2.24, 2.45) is 5.14 Å². The monoisotopic (exact) mass is 430 g/mol. The molecule has 0 radical (unpaired) electrons. The van der Waals surface area contributed by atoms with E-state index in [2.05, 4.69) is 27.1 Å². The van der Waals surface area contributed by atoms with Crippen LogP contribution in [0, 0.1) is 11.8 Å². The maximum atomic E-state index is 11.4. The van der Waals surface area contributed by atoms with E-state index < -0.39 is 10.0 Å². The number of hydrogen-bond acceptors (Lipinski definition) is 6. The van der Waals surface area contributed by atoms with Crippen LogP contribution in [0.15, 0.2) is 77.8 Å². The van der Waals surface area contributed by atoms with Crippen molar-refractivity contribution >= 4 is 32.6 Å². The first-order valence-corrected chi connectivity index (χ1v) is 10.8. The lowest BCUT2D eigenvalue weighted by Gasteiger charge is -2.09. The second-order valence-corrected chi connectivity index (χ2v) is 8.18. The Labute approximate surface area is 180 Å². The fourth-order valence-electron chi connectivity index (χ4n) is 2.90. The fraction of sp³-hybridized carbons (Fsp3) is 0.0435. The van der Waals surface area contributed by atoms with Gasteiger partial charge in [-0.05, 0) is 42.5 Å². The molecule has 154 valence electrons. The van der Waals surface area contributed by atoms with Crippen molar-refractivity contribution < 1.29 is 13.2 Å². The first-order valence-electron chi connectivity index (χ1n) is 9.24. The van der Waals surface area contributed by atoms with Gasteiger partial charge in [0.1, 0.15) is 5.75 Å². The molecule has 4 aromatic rings. The van der Waals surface area contributed by atoms with Crippen LogP contribution in [0.5, 0.6) is 5.75 Å². The maximum absolute atomic E-state index is 11.4. The summed E-state index contributed by atoms with van der Waals surface area (Å²) in [4.78, 5) is 8.88. The number of methoxy groups -OCH3 is 1. The van der Waals surface area contributed by atoms with Gasteiger partial charge >= 0.3 is 0 Å². The molecule has 1 heterocycles. The van der Waals surface area contributed by atoms with E-state index in [9.17, 15) is 8.42 Å².